The highest BCUT2D eigenvalue weighted by atomic mass is 32.2. The predicted molar refractivity (Wildman–Crippen MR) is 131 cm³/mol. The van der Waals surface area contributed by atoms with Gasteiger partial charge in [0.15, 0.2) is 0 Å². The fourth-order valence-corrected chi connectivity index (χ4v) is 5.03. The number of ether oxygens (including phenoxy) is 2. The molecule has 1 aliphatic heterocycles. The number of aryl methyl sites for hydroxylation is 3. The lowest BCUT2D eigenvalue weighted by Crippen LogP contribution is -2.44. The lowest BCUT2D eigenvalue weighted by atomic mass is 10.00. The third-order valence-electron chi connectivity index (χ3n) is 6.17. The maximum Gasteiger partial charge on any atom is 0.261 e. The van der Waals surface area contributed by atoms with Crippen molar-refractivity contribution in [3.8, 4) is 0 Å². The van der Waals surface area contributed by atoms with Crippen LogP contribution in [0.2, 0.25) is 0 Å². The predicted octanol–water partition coefficient (Wildman–Crippen LogP) is 3.83. The van der Waals surface area contributed by atoms with Gasteiger partial charge in [0.05, 0.1) is 36.5 Å². The highest BCUT2D eigenvalue weighted by molar-refractivity contribution is 7.98. The van der Waals surface area contributed by atoms with Crippen molar-refractivity contribution in [3.63, 3.8) is 0 Å². The average Bonchev–Trinajstić information content (AvgIpc) is 2.80. The van der Waals surface area contributed by atoms with Crippen molar-refractivity contribution < 1.29 is 9.47 Å². The lowest BCUT2D eigenvalue weighted by molar-refractivity contribution is -0.0100. The molecule has 3 aromatic rings. The molecule has 0 N–H and O–H groups in total. The summed E-state index contributed by atoms with van der Waals surface area (Å²) in [4.78, 5) is 21.3. The number of anilines is 1. The van der Waals surface area contributed by atoms with Crippen LogP contribution in [0.4, 0.5) is 5.69 Å². The van der Waals surface area contributed by atoms with Crippen LogP contribution in [0.25, 0.3) is 10.9 Å². The van der Waals surface area contributed by atoms with Crippen molar-refractivity contribution in [2.24, 2.45) is 0 Å². The van der Waals surface area contributed by atoms with Crippen molar-refractivity contribution in [3.05, 3.63) is 63.7 Å². The van der Waals surface area contributed by atoms with Gasteiger partial charge in [-0.3, -0.25) is 9.36 Å². The number of benzene rings is 2. The molecule has 4 rings (SSSR count). The van der Waals surface area contributed by atoms with Crippen molar-refractivity contribution in [2.75, 3.05) is 44.6 Å². The Labute approximate surface area is 193 Å². The third kappa shape index (κ3) is 4.85. The number of rotatable bonds is 7. The van der Waals surface area contributed by atoms with E-state index in [1.165, 1.54) is 21.6 Å². The van der Waals surface area contributed by atoms with Gasteiger partial charge in [0.1, 0.15) is 0 Å². The molecule has 1 atom stereocenters. The second-order valence-corrected chi connectivity index (χ2v) is 9.21. The molecule has 6 nitrogen and oxygen atoms in total. The smallest absolute Gasteiger partial charge is 0.261 e. The first-order valence-corrected chi connectivity index (χ1v) is 12.2. The van der Waals surface area contributed by atoms with Gasteiger partial charge in [-0.2, -0.15) is 0 Å². The summed E-state index contributed by atoms with van der Waals surface area (Å²) >= 11 is 1.76. The van der Waals surface area contributed by atoms with Gasteiger partial charge in [0, 0.05) is 37.3 Å². The molecule has 170 valence electrons. The van der Waals surface area contributed by atoms with E-state index in [0.29, 0.717) is 25.1 Å². The van der Waals surface area contributed by atoms with Crippen LogP contribution in [0, 0.1) is 13.8 Å². The Balaban J connectivity index is 1.54. The standard InChI is InChI=1S/C25H31N3O3S/c1-17-11-21(32-4)12-18(2)22(17)7-8-28-16-26-24-13-19(5-6-23(24)25(28)29)27-9-10-31-20(14-27)15-30-3/h5-6,11-13,16,20H,7-10,14-15H2,1-4H3. The largest absolute Gasteiger partial charge is 0.382 e. The Kier molecular flexibility index (Phi) is 7.18. The maximum absolute atomic E-state index is 13.1. The molecular formula is C25H31N3O3S. The topological polar surface area (TPSA) is 56.6 Å². The number of fused-ring (bicyclic) bond motifs is 1. The fraction of sp³-hybridized carbons (Fsp3) is 0.440. The summed E-state index contributed by atoms with van der Waals surface area (Å²) in [5.41, 5.74) is 5.66. The Morgan fingerprint density at radius 2 is 2.00 bits per heavy atom. The zero-order valence-electron chi connectivity index (χ0n) is 19.3. The van der Waals surface area contributed by atoms with E-state index in [4.69, 9.17) is 9.47 Å². The minimum absolute atomic E-state index is 0.0110. The van der Waals surface area contributed by atoms with E-state index in [1.54, 1.807) is 29.8 Å². The van der Waals surface area contributed by atoms with Crippen LogP contribution in [-0.4, -0.2) is 55.3 Å². The van der Waals surface area contributed by atoms with E-state index >= 15 is 0 Å². The Morgan fingerprint density at radius 1 is 1.22 bits per heavy atom. The van der Waals surface area contributed by atoms with Gasteiger partial charge in [-0.1, -0.05) is 0 Å². The first-order valence-electron chi connectivity index (χ1n) is 11.0. The molecule has 7 heteroatoms. The summed E-state index contributed by atoms with van der Waals surface area (Å²) in [6.45, 7) is 7.73. The quantitative estimate of drug-likeness (QED) is 0.507. The van der Waals surface area contributed by atoms with Crippen LogP contribution in [0.1, 0.15) is 16.7 Å². The van der Waals surface area contributed by atoms with Crippen LogP contribution >= 0.6 is 11.8 Å². The van der Waals surface area contributed by atoms with Crippen LogP contribution in [0.3, 0.4) is 0 Å². The summed E-state index contributed by atoms with van der Waals surface area (Å²) in [5, 5.41) is 0.657. The van der Waals surface area contributed by atoms with Gasteiger partial charge in [0.25, 0.3) is 5.56 Å². The molecule has 0 saturated carbocycles. The third-order valence-corrected chi connectivity index (χ3v) is 6.88. The zero-order chi connectivity index (χ0) is 22.7. The van der Waals surface area contributed by atoms with Gasteiger partial charge in [-0.15, -0.1) is 11.8 Å². The summed E-state index contributed by atoms with van der Waals surface area (Å²) in [7, 11) is 1.69. The van der Waals surface area contributed by atoms with E-state index in [0.717, 1.165) is 30.7 Å². The number of thioether (sulfide) groups is 1. The number of methoxy groups -OCH3 is 1. The second-order valence-electron chi connectivity index (χ2n) is 8.33. The molecule has 0 bridgehead atoms. The molecule has 0 spiro atoms. The van der Waals surface area contributed by atoms with Crippen LogP contribution in [0.15, 0.2) is 46.3 Å². The molecule has 1 fully saturated rings. The number of aromatic nitrogens is 2. The molecule has 2 heterocycles. The van der Waals surface area contributed by atoms with Crippen molar-refractivity contribution in [2.45, 2.75) is 37.8 Å². The number of nitrogens with zero attached hydrogens (tertiary/aromatic N) is 3. The lowest BCUT2D eigenvalue weighted by Gasteiger charge is -2.34. The molecule has 32 heavy (non-hydrogen) atoms. The molecule has 0 amide bonds. The number of hydrogen-bond donors (Lipinski definition) is 0. The minimum atomic E-state index is 0.0110. The highest BCUT2D eigenvalue weighted by Gasteiger charge is 2.21. The normalized spacial score (nSPS) is 16.6. The van der Waals surface area contributed by atoms with E-state index in [-0.39, 0.29) is 11.7 Å². The monoisotopic (exact) mass is 453 g/mol. The van der Waals surface area contributed by atoms with Gasteiger partial charge in [-0.05, 0) is 73.5 Å². The highest BCUT2D eigenvalue weighted by Crippen LogP contribution is 2.24. The van der Waals surface area contributed by atoms with E-state index in [1.807, 2.05) is 18.2 Å². The van der Waals surface area contributed by atoms with Crippen molar-refractivity contribution in [1.29, 1.82) is 0 Å². The molecule has 0 aliphatic carbocycles. The fourth-order valence-electron chi connectivity index (χ4n) is 4.44. The van der Waals surface area contributed by atoms with Gasteiger partial charge in [0.2, 0.25) is 0 Å². The molecular weight excluding hydrogens is 422 g/mol. The molecule has 2 aromatic carbocycles. The van der Waals surface area contributed by atoms with E-state index < -0.39 is 0 Å². The Morgan fingerprint density at radius 3 is 2.72 bits per heavy atom. The van der Waals surface area contributed by atoms with Crippen LogP contribution in [0.5, 0.6) is 0 Å². The summed E-state index contributed by atoms with van der Waals surface area (Å²) < 4.78 is 12.7. The SMILES string of the molecule is COCC1CN(c2ccc3c(=O)n(CCc4c(C)cc(SC)cc4C)cnc3c2)CCO1. The second kappa shape index (κ2) is 10.1. The first-order chi connectivity index (χ1) is 15.5. The first kappa shape index (κ1) is 22.8. The van der Waals surface area contributed by atoms with Crippen molar-refractivity contribution in [1.82, 2.24) is 9.55 Å². The van der Waals surface area contributed by atoms with Crippen molar-refractivity contribution >= 4 is 28.4 Å². The molecule has 0 radical (unpaired) electrons. The summed E-state index contributed by atoms with van der Waals surface area (Å²) in [5.74, 6) is 0. The number of hydrogen-bond acceptors (Lipinski definition) is 6. The maximum atomic E-state index is 13.1. The molecule has 1 saturated heterocycles. The van der Waals surface area contributed by atoms with Gasteiger partial charge in [-0.25, -0.2) is 4.98 Å². The Bertz CT molecular complexity index is 1140. The van der Waals surface area contributed by atoms with Gasteiger partial charge >= 0.3 is 0 Å². The molecule has 1 unspecified atom stereocenters. The summed E-state index contributed by atoms with van der Waals surface area (Å²) in [6.07, 6.45) is 4.65. The zero-order valence-corrected chi connectivity index (χ0v) is 20.1. The molecule has 1 aliphatic rings. The average molecular weight is 454 g/mol. The van der Waals surface area contributed by atoms with Crippen LogP contribution in [-0.2, 0) is 22.4 Å². The van der Waals surface area contributed by atoms with Gasteiger partial charge < -0.3 is 14.4 Å². The minimum Gasteiger partial charge on any atom is -0.382 e. The van der Waals surface area contributed by atoms with E-state index in [2.05, 4.69) is 42.1 Å². The Hall–Kier alpha value is -2.35. The molecule has 1 aromatic heterocycles. The number of morpholine rings is 1. The van der Waals surface area contributed by atoms with E-state index in [9.17, 15) is 4.79 Å². The van der Waals surface area contributed by atoms with Crippen LogP contribution < -0.4 is 10.5 Å². The summed E-state index contributed by atoms with van der Waals surface area (Å²) in [6, 6.07) is 10.4.